The standard InChI is InChI=1S/C8H15N2O2/c1-7(8(9)11)6-10-2-4-12-5-3-10/h7,9H,2-6H2,1H3. The van der Waals surface area contributed by atoms with Crippen LogP contribution in [0.4, 0.5) is 0 Å². The van der Waals surface area contributed by atoms with Gasteiger partial charge in [0, 0.05) is 25.6 Å². The summed E-state index contributed by atoms with van der Waals surface area (Å²) in [5.41, 5.74) is 6.91. The molecule has 0 bridgehead atoms. The first-order valence-electron chi connectivity index (χ1n) is 4.25. The molecule has 12 heavy (non-hydrogen) atoms. The number of amides is 1. The summed E-state index contributed by atoms with van der Waals surface area (Å²) < 4.78 is 5.17. The van der Waals surface area contributed by atoms with E-state index in [1.807, 2.05) is 0 Å². The Balaban J connectivity index is 2.24. The minimum Gasteiger partial charge on any atom is -0.379 e. The Hall–Kier alpha value is -0.610. The molecule has 69 valence electrons. The minimum atomic E-state index is -0.471. The van der Waals surface area contributed by atoms with Gasteiger partial charge in [-0.1, -0.05) is 6.92 Å². The summed E-state index contributed by atoms with van der Waals surface area (Å²) in [5, 5.41) is 0. The van der Waals surface area contributed by atoms with Gasteiger partial charge in [-0.25, -0.2) is 0 Å². The minimum absolute atomic E-state index is 0.164. The van der Waals surface area contributed by atoms with Crippen molar-refractivity contribution in [1.29, 1.82) is 0 Å². The number of morpholine rings is 1. The number of ether oxygens (including phenoxy) is 1. The zero-order valence-corrected chi connectivity index (χ0v) is 7.38. The van der Waals surface area contributed by atoms with Crippen LogP contribution in [0, 0.1) is 5.92 Å². The third-order valence-electron chi connectivity index (χ3n) is 2.08. The molecule has 1 rings (SSSR count). The lowest BCUT2D eigenvalue weighted by atomic mass is 10.1. The number of rotatable bonds is 3. The van der Waals surface area contributed by atoms with E-state index < -0.39 is 5.91 Å². The summed E-state index contributed by atoms with van der Waals surface area (Å²) in [7, 11) is 0. The molecule has 4 heteroatoms. The van der Waals surface area contributed by atoms with Crippen LogP contribution in [-0.2, 0) is 9.53 Å². The van der Waals surface area contributed by atoms with Crippen molar-refractivity contribution in [1.82, 2.24) is 10.6 Å². The monoisotopic (exact) mass is 171 g/mol. The Kier molecular flexibility index (Phi) is 3.49. The highest BCUT2D eigenvalue weighted by Crippen LogP contribution is 2.02. The van der Waals surface area contributed by atoms with Crippen LogP contribution in [0.3, 0.4) is 0 Å². The number of carbonyl (C=O) groups is 1. The Labute approximate surface area is 72.7 Å². The van der Waals surface area contributed by atoms with Crippen LogP contribution in [-0.4, -0.2) is 43.7 Å². The second-order valence-electron chi connectivity index (χ2n) is 3.18. The quantitative estimate of drug-likeness (QED) is 0.589. The van der Waals surface area contributed by atoms with Gasteiger partial charge in [-0.3, -0.25) is 15.4 Å². The van der Waals surface area contributed by atoms with E-state index in [4.69, 9.17) is 10.5 Å². The van der Waals surface area contributed by atoms with Gasteiger partial charge < -0.3 is 4.74 Å². The van der Waals surface area contributed by atoms with Crippen molar-refractivity contribution >= 4 is 5.91 Å². The van der Waals surface area contributed by atoms with E-state index in [2.05, 4.69) is 4.90 Å². The first kappa shape index (κ1) is 9.48. The molecule has 4 nitrogen and oxygen atoms in total. The summed E-state index contributed by atoms with van der Waals surface area (Å²) in [6.45, 7) is 5.77. The third-order valence-corrected chi connectivity index (χ3v) is 2.08. The molecule has 1 saturated heterocycles. The van der Waals surface area contributed by atoms with Crippen molar-refractivity contribution in [2.75, 3.05) is 32.8 Å². The molecular formula is C8H15N2O2. The van der Waals surface area contributed by atoms with Crippen LogP contribution in [0.2, 0.25) is 0 Å². The maximum absolute atomic E-state index is 10.6. The highest BCUT2D eigenvalue weighted by Gasteiger charge is 2.16. The average molecular weight is 171 g/mol. The lowest BCUT2D eigenvalue weighted by molar-refractivity contribution is -0.122. The Morgan fingerprint density at radius 2 is 2.17 bits per heavy atom. The molecule has 0 aromatic rings. The van der Waals surface area contributed by atoms with Gasteiger partial charge in [-0.2, -0.15) is 0 Å². The smallest absolute Gasteiger partial charge is 0.242 e. The van der Waals surface area contributed by atoms with Crippen molar-refractivity contribution in [3.05, 3.63) is 0 Å². The maximum atomic E-state index is 10.6. The molecule has 1 heterocycles. The molecule has 0 spiro atoms. The molecule has 1 N–H and O–H groups in total. The predicted octanol–water partition coefficient (Wildman–Crippen LogP) is -0.236. The van der Waals surface area contributed by atoms with E-state index in [0.717, 1.165) is 26.3 Å². The lowest BCUT2D eigenvalue weighted by Gasteiger charge is -2.27. The van der Waals surface area contributed by atoms with E-state index in [1.54, 1.807) is 6.92 Å². The van der Waals surface area contributed by atoms with Gasteiger partial charge in [0.2, 0.25) is 5.91 Å². The fourth-order valence-electron chi connectivity index (χ4n) is 1.25. The molecule has 1 amide bonds. The van der Waals surface area contributed by atoms with Gasteiger partial charge in [0.25, 0.3) is 0 Å². The molecule has 1 radical (unpaired) electrons. The molecule has 1 atom stereocenters. The highest BCUT2D eigenvalue weighted by atomic mass is 16.5. The van der Waals surface area contributed by atoms with E-state index in [0.29, 0.717) is 6.54 Å². The topological polar surface area (TPSA) is 53.3 Å². The van der Waals surface area contributed by atoms with Crippen LogP contribution in [0.1, 0.15) is 6.92 Å². The van der Waals surface area contributed by atoms with Crippen molar-refractivity contribution in [2.45, 2.75) is 6.92 Å². The van der Waals surface area contributed by atoms with Crippen molar-refractivity contribution in [3.63, 3.8) is 0 Å². The second kappa shape index (κ2) is 4.42. The average Bonchev–Trinajstić information content (AvgIpc) is 2.06. The molecule has 0 aromatic carbocycles. The van der Waals surface area contributed by atoms with Gasteiger partial charge in [0.05, 0.1) is 13.2 Å². The molecular weight excluding hydrogens is 156 g/mol. The fourth-order valence-corrected chi connectivity index (χ4v) is 1.25. The molecule has 0 saturated carbocycles. The largest absolute Gasteiger partial charge is 0.379 e. The Morgan fingerprint density at radius 3 is 2.67 bits per heavy atom. The van der Waals surface area contributed by atoms with Crippen LogP contribution in [0.15, 0.2) is 0 Å². The van der Waals surface area contributed by atoms with Gasteiger partial charge in [-0.05, 0) is 0 Å². The lowest BCUT2D eigenvalue weighted by Crippen LogP contribution is -2.40. The number of nitrogens with one attached hydrogen (secondary N) is 1. The second-order valence-corrected chi connectivity index (χ2v) is 3.18. The molecule has 1 aliphatic rings. The number of hydrogen-bond donors (Lipinski definition) is 0. The Morgan fingerprint density at radius 1 is 1.58 bits per heavy atom. The van der Waals surface area contributed by atoms with Crippen LogP contribution >= 0.6 is 0 Å². The fraction of sp³-hybridized carbons (Fsp3) is 0.875. The zero-order chi connectivity index (χ0) is 8.97. The molecule has 1 aliphatic heterocycles. The first-order valence-corrected chi connectivity index (χ1v) is 4.25. The van der Waals surface area contributed by atoms with Crippen molar-refractivity contribution < 1.29 is 9.53 Å². The van der Waals surface area contributed by atoms with Crippen molar-refractivity contribution in [3.8, 4) is 0 Å². The van der Waals surface area contributed by atoms with Gasteiger partial charge in [-0.15, -0.1) is 0 Å². The highest BCUT2D eigenvalue weighted by molar-refractivity contribution is 5.75. The summed E-state index contributed by atoms with van der Waals surface area (Å²) in [6.07, 6.45) is 0. The third kappa shape index (κ3) is 2.79. The van der Waals surface area contributed by atoms with Gasteiger partial charge in [0.1, 0.15) is 0 Å². The molecule has 0 aliphatic carbocycles. The van der Waals surface area contributed by atoms with Gasteiger partial charge in [0.15, 0.2) is 0 Å². The maximum Gasteiger partial charge on any atom is 0.242 e. The van der Waals surface area contributed by atoms with E-state index in [9.17, 15) is 4.79 Å². The summed E-state index contributed by atoms with van der Waals surface area (Å²) in [4.78, 5) is 12.8. The van der Waals surface area contributed by atoms with E-state index in [-0.39, 0.29) is 5.92 Å². The van der Waals surface area contributed by atoms with Crippen LogP contribution in [0.5, 0.6) is 0 Å². The summed E-state index contributed by atoms with van der Waals surface area (Å²) in [5.74, 6) is -0.635. The van der Waals surface area contributed by atoms with Crippen LogP contribution < -0.4 is 5.73 Å². The summed E-state index contributed by atoms with van der Waals surface area (Å²) in [6, 6.07) is 0. The van der Waals surface area contributed by atoms with Gasteiger partial charge >= 0.3 is 0 Å². The first-order chi connectivity index (χ1) is 5.70. The summed E-state index contributed by atoms with van der Waals surface area (Å²) >= 11 is 0. The SMILES string of the molecule is CC(CN1CCOCC1)C([NH])=O. The molecule has 0 aromatic heterocycles. The van der Waals surface area contributed by atoms with E-state index in [1.165, 1.54) is 0 Å². The van der Waals surface area contributed by atoms with E-state index >= 15 is 0 Å². The number of carbonyl (C=O) groups excluding carboxylic acids is 1. The predicted molar refractivity (Wildman–Crippen MR) is 44.5 cm³/mol. The Bertz CT molecular complexity index is 155. The van der Waals surface area contributed by atoms with Crippen molar-refractivity contribution in [2.24, 2.45) is 5.92 Å². The normalized spacial score (nSPS) is 22.1. The zero-order valence-electron chi connectivity index (χ0n) is 7.38. The number of nitrogens with zero attached hydrogens (tertiary/aromatic N) is 1. The van der Waals surface area contributed by atoms with Crippen LogP contribution in [0.25, 0.3) is 0 Å². The molecule has 1 unspecified atom stereocenters. The number of hydrogen-bond acceptors (Lipinski definition) is 3. The molecule has 1 fully saturated rings.